The second kappa shape index (κ2) is 9.25. The highest BCUT2D eigenvalue weighted by molar-refractivity contribution is 6.07. The number of carbonyl (C=O) groups excluding carboxylic acids is 1. The second-order valence-corrected chi connectivity index (χ2v) is 6.36. The van der Waals surface area contributed by atoms with Crippen molar-refractivity contribution < 1.29 is 19.2 Å². The molecular weight excluding hydrogens is 364 g/mol. The number of aromatic nitrogens is 2. The van der Waals surface area contributed by atoms with Gasteiger partial charge in [-0.1, -0.05) is 18.2 Å². The molecule has 9 nitrogen and oxygen atoms in total. The molecule has 3 rings (SSSR count). The summed E-state index contributed by atoms with van der Waals surface area (Å²) in [6.45, 7) is 4.83. The van der Waals surface area contributed by atoms with Crippen molar-refractivity contribution in [1.29, 1.82) is 0 Å². The second-order valence-electron chi connectivity index (χ2n) is 6.36. The van der Waals surface area contributed by atoms with Crippen LogP contribution in [0, 0.1) is 10.1 Å². The minimum absolute atomic E-state index is 0.174. The Kier molecular flexibility index (Phi) is 6.51. The first-order valence-corrected chi connectivity index (χ1v) is 8.96. The highest BCUT2D eigenvalue weighted by atomic mass is 16.6. The highest BCUT2D eigenvalue weighted by Crippen LogP contribution is 2.18. The summed E-state index contributed by atoms with van der Waals surface area (Å²) in [5.74, 6) is 0.232. The fraction of sp³-hybridized carbons (Fsp3) is 0.368. The van der Waals surface area contributed by atoms with E-state index in [1.165, 1.54) is 24.0 Å². The first kappa shape index (κ1) is 19.7. The molecular formula is C19H22N4O5. The van der Waals surface area contributed by atoms with Crippen molar-refractivity contribution in [2.24, 2.45) is 7.05 Å². The zero-order chi connectivity index (χ0) is 19.9. The van der Waals surface area contributed by atoms with Crippen LogP contribution in [-0.4, -0.2) is 64.8 Å². The molecule has 148 valence electrons. The molecule has 1 fully saturated rings. The maximum absolute atomic E-state index is 12.2. The Morgan fingerprint density at radius 3 is 2.71 bits per heavy atom. The SMILES string of the molecule is Cn1cc([N+](=O)[O-])c(C(=O)/C=C/c2ccc(OCCN3CCOCC3)cc2)n1. The van der Waals surface area contributed by atoms with Crippen LogP contribution < -0.4 is 4.74 Å². The van der Waals surface area contributed by atoms with Gasteiger partial charge in [-0.2, -0.15) is 5.10 Å². The van der Waals surface area contributed by atoms with Gasteiger partial charge in [0, 0.05) is 26.7 Å². The van der Waals surface area contributed by atoms with Crippen LogP contribution in [0.5, 0.6) is 5.75 Å². The molecule has 0 amide bonds. The number of hydrogen-bond acceptors (Lipinski definition) is 7. The molecule has 0 spiro atoms. The van der Waals surface area contributed by atoms with E-state index in [1.807, 2.05) is 24.3 Å². The lowest BCUT2D eigenvalue weighted by molar-refractivity contribution is -0.385. The Bertz CT molecular complexity index is 854. The average Bonchev–Trinajstić information content (AvgIpc) is 3.10. The van der Waals surface area contributed by atoms with E-state index in [0.29, 0.717) is 6.61 Å². The molecule has 1 aliphatic rings. The van der Waals surface area contributed by atoms with Crippen molar-refractivity contribution in [3.05, 3.63) is 57.9 Å². The smallest absolute Gasteiger partial charge is 0.318 e. The monoisotopic (exact) mass is 386 g/mol. The van der Waals surface area contributed by atoms with E-state index >= 15 is 0 Å². The van der Waals surface area contributed by atoms with Crippen molar-refractivity contribution in [1.82, 2.24) is 14.7 Å². The van der Waals surface area contributed by atoms with Gasteiger partial charge < -0.3 is 9.47 Å². The van der Waals surface area contributed by atoms with Gasteiger partial charge in [0.2, 0.25) is 11.5 Å². The standard InChI is InChI=1S/C19H22N4O5/c1-21-14-17(23(25)26)19(20-21)18(24)7-4-15-2-5-16(6-3-15)28-13-10-22-8-11-27-12-9-22/h2-7,14H,8-13H2,1H3/b7-4+. The number of allylic oxidation sites excluding steroid dienone is 1. The van der Waals surface area contributed by atoms with Crippen molar-refractivity contribution >= 4 is 17.5 Å². The summed E-state index contributed by atoms with van der Waals surface area (Å²) in [5.41, 5.74) is 0.306. The molecule has 0 saturated carbocycles. The first-order chi connectivity index (χ1) is 13.5. The van der Waals surface area contributed by atoms with Crippen LogP contribution in [0.25, 0.3) is 6.08 Å². The highest BCUT2D eigenvalue weighted by Gasteiger charge is 2.22. The van der Waals surface area contributed by atoms with Crippen molar-refractivity contribution in [3.63, 3.8) is 0 Å². The Balaban J connectivity index is 1.53. The molecule has 0 bridgehead atoms. The van der Waals surface area contributed by atoms with E-state index < -0.39 is 10.7 Å². The zero-order valence-corrected chi connectivity index (χ0v) is 15.6. The number of morpholine rings is 1. The number of ether oxygens (including phenoxy) is 2. The number of ketones is 1. The molecule has 0 radical (unpaired) electrons. The van der Waals surface area contributed by atoms with Crippen LogP contribution in [0.1, 0.15) is 16.1 Å². The summed E-state index contributed by atoms with van der Waals surface area (Å²) >= 11 is 0. The Morgan fingerprint density at radius 2 is 2.04 bits per heavy atom. The van der Waals surface area contributed by atoms with Gasteiger partial charge >= 0.3 is 5.69 Å². The Morgan fingerprint density at radius 1 is 1.32 bits per heavy atom. The average molecular weight is 386 g/mol. The quantitative estimate of drug-likeness (QED) is 0.296. The molecule has 0 atom stereocenters. The van der Waals surface area contributed by atoms with E-state index in [4.69, 9.17) is 9.47 Å². The molecule has 1 aliphatic heterocycles. The number of aryl methyl sites for hydroxylation is 1. The number of nitrogens with zero attached hydrogens (tertiary/aromatic N) is 4. The predicted octanol–water partition coefficient (Wildman–Crippen LogP) is 1.94. The van der Waals surface area contributed by atoms with Crippen LogP contribution >= 0.6 is 0 Å². The van der Waals surface area contributed by atoms with Crippen molar-refractivity contribution in [3.8, 4) is 5.75 Å². The molecule has 0 aliphatic carbocycles. The molecule has 1 aromatic heterocycles. The minimum atomic E-state index is -0.614. The van der Waals surface area contributed by atoms with Gasteiger partial charge in [-0.25, -0.2) is 0 Å². The molecule has 0 unspecified atom stereocenters. The fourth-order valence-electron chi connectivity index (χ4n) is 2.83. The molecule has 2 heterocycles. The Labute approximate surface area is 162 Å². The van der Waals surface area contributed by atoms with Crippen LogP contribution in [0.2, 0.25) is 0 Å². The van der Waals surface area contributed by atoms with Gasteiger partial charge in [0.1, 0.15) is 18.6 Å². The number of benzene rings is 1. The van der Waals surface area contributed by atoms with Crippen LogP contribution in [0.3, 0.4) is 0 Å². The Hall–Kier alpha value is -3.04. The first-order valence-electron chi connectivity index (χ1n) is 8.96. The molecule has 1 saturated heterocycles. The third-order valence-corrected chi connectivity index (χ3v) is 4.33. The van der Waals surface area contributed by atoms with E-state index in [9.17, 15) is 14.9 Å². The third-order valence-electron chi connectivity index (χ3n) is 4.33. The summed E-state index contributed by atoms with van der Waals surface area (Å²) in [4.78, 5) is 24.9. The van der Waals surface area contributed by atoms with Crippen LogP contribution in [0.15, 0.2) is 36.5 Å². The van der Waals surface area contributed by atoms with Gasteiger partial charge in [0.25, 0.3) is 0 Å². The summed E-state index contributed by atoms with van der Waals surface area (Å²) in [6, 6.07) is 7.29. The summed E-state index contributed by atoms with van der Waals surface area (Å²) in [6.07, 6.45) is 4.09. The van der Waals surface area contributed by atoms with E-state index in [1.54, 1.807) is 6.08 Å². The van der Waals surface area contributed by atoms with Gasteiger partial charge in [0.15, 0.2) is 0 Å². The maximum Gasteiger partial charge on any atom is 0.318 e. The lowest BCUT2D eigenvalue weighted by Crippen LogP contribution is -2.38. The molecule has 1 aromatic carbocycles. The number of hydrogen-bond donors (Lipinski definition) is 0. The number of nitro groups is 1. The number of carbonyl (C=O) groups is 1. The van der Waals surface area contributed by atoms with E-state index in [0.717, 1.165) is 44.2 Å². The largest absolute Gasteiger partial charge is 0.492 e. The number of rotatable bonds is 8. The van der Waals surface area contributed by atoms with E-state index in [2.05, 4.69) is 10.00 Å². The van der Waals surface area contributed by atoms with Crippen LogP contribution in [0.4, 0.5) is 5.69 Å². The molecule has 2 aromatic rings. The molecule has 9 heteroatoms. The van der Waals surface area contributed by atoms with E-state index in [-0.39, 0.29) is 11.4 Å². The lowest BCUT2D eigenvalue weighted by atomic mass is 10.1. The van der Waals surface area contributed by atoms with Gasteiger partial charge in [-0.3, -0.25) is 24.5 Å². The minimum Gasteiger partial charge on any atom is -0.492 e. The van der Waals surface area contributed by atoms with Gasteiger partial charge in [0.05, 0.1) is 18.1 Å². The summed E-state index contributed by atoms with van der Waals surface area (Å²) in [7, 11) is 1.53. The fourth-order valence-corrected chi connectivity index (χ4v) is 2.83. The van der Waals surface area contributed by atoms with Crippen LogP contribution in [-0.2, 0) is 11.8 Å². The summed E-state index contributed by atoms with van der Waals surface area (Å²) in [5, 5.41) is 14.9. The predicted molar refractivity (Wildman–Crippen MR) is 102 cm³/mol. The van der Waals surface area contributed by atoms with Crippen molar-refractivity contribution in [2.75, 3.05) is 39.5 Å². The molecule has 28 heavy (non-hydrogen) atoms. The normalized spacial score (nSPS) is 15.0. The zero-order valence-electron chi connectivity index (χ0n) is 15.6. The van der Waals surface area contributed by atoms with Gasteiger partial charge in [-0.15, -0.1) is 0 Å². The van der Waals surface area contributed by atoms with Crippen molar-refractivity contribution in [2.45, 2.75) is 0 Å². The van der Waals surface area contributed by atoms with Gasteiger partial charge in [-0.05, 0) is 23.8 Å². The lowest BCUT2D eigenvalue weighted by Gasteiger charge is -2.26. The molecule has 0 N–H and O–H groups in total. The summed E-state index contributed by atoms with van der Waals surface area (Å²) < 4.78 is 12.3. The third kappa shape index (κ3) is 5.24. The maximum atomic E-state index is 12.2. The topological polar surface area (TPSA) is 99.7 Å².